The minimum absolute atomic E-state index is 0.0425. The molecular weight excluding hydrogens is 406 g/mol. The van der Waals surface area contributed by atoms with Crippen LogP contribution in [0.1, 0.15) is 32.8 Å². The van der Waals surface area contributed by atoms with Crippen LogP contribution in [-0.4, -0.2) is 29.9 Å². The van der Waals surface area contributed by atoms with Gasteiger partial charge in [0.2, 0.25) is 11.8 Å². The van der Waals surface area contributed by atoms with Gasteiger partial charge in [-0.2, -0.15) is 0 Å². The molecule has 0 aliphatic heterocycles. The van der Waals surface area contributed by atoms with E-state index in [2.05, 4.69) is 17.4 Å². The number of anilines is 1. The van der Waals surface area contributed by atoms with Crippen LogP contribution < -0.4 is 10.2 Å². The number of carbonyl (C=O) groups excluding carboxylic acids is 2. The van der Waals surface area contributed by atoms with E-state index in [1.807, 2.05) is 74.7 Å². The van der Waals surface area contributed by atoms with Crippen molar-refractivity contribution in [3.8, 4) is 11.3 Å². The molecule has 162 valence electrons. The summed E-state index contributed by atoms with van der Waals surface area (Å²) in [5.41, 5.74) is 2.58. The van der Waals surface area contributed by atoms with Gasteiger partial charge < -0.3 is 5.32 Å². The van der Waals surface area contributed by atoms with E-state index in [0.29, 0.717) is 18.2 Å². The van der Waals surface area contributed by atoms with E-state index in [1.165, 1.54) is 16.9 Å². The third-order valence-corrected chi connectivity index (χ3v) is 5.73. The summed E-state index contributed by atoms with van der Waals surface area (Å²) in [5, 5.41) is 5.52. The molecule has 0 atom stereocenters. The molecule has 0 unspecified atom stereocenters. The minimum Gasteiger partial charge on any atom is -0.355 e. The highest BCUT2D eigenvalue weighted by atomic mass is 32.1. The topological polar surface area (TPSA) is 62.3 Å². The molecule has 0 saturated heterocycles. The summed E-state index contributed by atoms with van der Waals surface area (Å²) in [4.78, 5) is 31.7. The maximum atomic E-state index is 13.1. The number of thiazole rings is 1. The first-order valence-corrected chi connectivity index (χ1v) is 11.4. The second-order valence-electron chi connectivity index (χ2n) is 8.42. The number of aromatic nitrogens is 1. The summed E-state index contributed by atoms with van der Waals surface area (Å²) in [6.07, 6.45) is 0.970. The van der Waals surface area contributed by atoms with E-state index in [0.717, 1.165) is 17.7 Å². The lowest BCUT2D eigenvalue weighted by Gasteiger charge is -2.21. The van der Waals surface area contributed by atoms with Crippen LogP contribution in [0.5, 0.6) is 0 Å². The van der Waals surface area contributed by atoms with Gasteiger partial charge in [0, 0.05) is 35.9 Å². The standard InChI is InChI=1S/C25H29N3O2S/c1-25(2,3)23(30)26-16-14-22(29)28(17-15-19-10-6-4-7-11-19)24-27-21(18-31-24)20-12-8-5-9-13-20/h4-13,18H,14-17H2,1-3H3,(H,26,30). The Bertz CT molecular complexity index is 994. The van der Waals surface area contributed by atoms with Gasteiger partial charge in [0.15, 0.2) is 5.13 Å². The summed E-state index contributed by atoms with van der Waals surface area (Å²) < 4.78 is 0. The molecule has 0 spiro atoms. The van der Waals surface area contributed by atoms with E-state index in [9.17, 15) is 9.59 Å². The van der Waals surface area contributed by atoms with E-state index in [-0.39, 0.29) is 18.2 Å². The van der Waals surface area contributed by atoms with Crippen molar-refractivity contribution < 1.29 is 9.59 Å². The van der Waals surface area contributed by atoms with Gasteiger partial charge in [-0.05, 0) is 12.0 Å². The van der Waals surface area contributed by atoms with Crippen molar-refractivity contribution in [1.82, 2.24) is 10.3 Å². The lowest BCUT2D eigenvalue weighted by Crippen LogP contribution is -2.39. The summed E-state index contributed by atoms with van der Waals surface area (Å²) in [7, 11) is 0. The highest BCUT2D eigenvalue weighted by Crippen LogP contribution is 2.28. The fourth-order valence-corrected chi connectivity index (χ4v) is 3.90. The first kappa shape index (κ1) is 22.7. The highest BCUT2D eigenvalue weighted by molar-refractivity contribution is 7.14. The number of nitrogens with zero attached hydrogens (tertiary/aromatic N) is 2. The monoisotopic (exact) mass is 435 g/mol. The van der Waals surface area contributed by atoms with Crippen LogP contribution in [0, 0.1) is 5.41 Å². The molecule has 1 aromatic heterocycles. The smallest absolute Gasteiger partial charge is 0.230 e. The molecule has 0 aliphatic rings. The quantitative estimate of drug-likeness (QED) is 0.545. The molecule has 0 fully saturated rings. The maximum absolute atomic E-state index is 13.1. The number of carbonyl (C=O) groups is 2. The van der Waals surface area contributed by atoms with Crippen molar-refractivity contribution >= 4 is 28.3 Å². The molecule has 5 nitrogen and oxygen atoms in total. The lowest BCUT2D eigenvalue weighted by molar-refractivity contribution is -0.128. The van der Waals surface area contributed by atoms with Crippen LogP contribution in [0.4, 0.5) is 5.13 Å². The zero-order valence-electron chi connectivity index (χ0n) is 18.3. The largest absolute Gasteiger partial charge is 0.355 e. The normalized spacial score (nSPS) is 11.2. The van der Waals surface area contributed by atoms with E-state index in [4.69, 9.17) is 4.98 Å². The molecule has 0 bridgehead atoms. The number of nitrogens with one attached hydrogen (secondary N) is 1. The molecule has 31 heavy (non-hydrogen) atoms. The second-order valence-corrected chi connectivity index (χ2v) is 9.25. The Kier molecular flexibility index (Phi) is 7.58. The Hall–Kier alpha value is -2.99. The molecule has 0 saturated carbocycles. The first-order chi connectivity index (χ1) is 14.8. The molecule has 1 N–H and O–H groups in total. The van der Waals surface area contributed by atoms with Crippen LogP contribution in [0.3, 0.4) is 0 Å². The summed E-state index contributed by atoms with van der Waals surface area (Å²) in [6, 6.07) is 20.0. The van der Waals surface area contributed by atoms with Gasteiger partial charge in [0.1, 0.15) is 0 Å². The molecule has 6 heteroatoms. The number of benzene rings is 2. The predicted molar refractivity (Wildman–Crippen MR) is 127 cm³/mol. The third-order valence-electron chi connectivity index (χ3n) is 4.87. The second kappa shape index (κ2) is 10.4. The predicted octanol–water partition coefficient (Wildman–Crippen LogP) is 4.94. The van der Waals surface area contributed by atoms with E-state index in [1.54, 1.807) is 4.90 Å². The van der Waals surface area contributed by atoms with Crippen LogP contribution in [0.2, 0.25) is 0 Å². The number of hydrogen-bond acceptors (Lipinski definition) is 4. The first-order valence-electron chi connectivity index (χ1n) is 10.5. The summed E-state index contributed by atoms with van der Waals surface area (Å²) in [5.74, 6) is -0.101. The summed E-state index contributed by atoms with van der Waals surface area (Å²) in [6.45, 7) is 6.43. The van der Waals surface area contributed by atoms with Gasteiger partial charge in [-0.25, -0.2) is 4.98 Å². The zero-order chi connectivity index (χ0) is 22.3. The fraction of sp³-hybridized carbons (Fsp3) is 0.320. The number of amides is 2. The Morgan fingerprint density at radius 3 is 2.29 bits per heavy atom. The van der Waals surface area contributed by atoms with Crippen LogP contribution in [0.25, 0.3) is 11.3 Å². The Morgan fingerprint density at radius 1 is 1.00 bits per heavy atom. The molecular formula is C25H29N3O2S. The average Bonchev–Trinajstić information content (AvgIpc) is 3.24. The molecule has 0 aliphatic carbocycles. The van der Waals surface area contributed by atoms with Crippen molar-refractivity contribution in [1.29, 1.82) is 0 Å². The van der Waals surface area contributed by atoms with Crippen molar-refractivity contribution in [2.45, 2.75) is 33.6 Å². The maximum Gasteiger partial charge on any atom is 0.230 e. The van der Waals surface area contributed by atoms with E-state index >= 15 is 0 Å². The molecule has 1 heterocycles. The summed E-state index contributed by atoms with van der Waals surface area (Å²) >= 11 is 1.47. The van der Waals surface area contributed by atoms with Crippen molar-refractivity contribution in [3.63, 3.8) is 0 Å². The van der Waals surface area contributed by atoms with Crippen LogP contribution >= 0.6 is 11.3 Å². The minimum atomic E-state index is -0.476. The van der Waals surface area contributed by atoms with E-state index < -0.39 is 5.41 Å². The van der Waals surface area contributed by atoms with Gasteiger partial charge >= 0.3 is 0 Å². The molecule has 3 rings (SSSR count). The molecule has 0 radical (unpaired) electrons. The van der Waals surface area contributed by atoms with Gasteiger partial charge in [0.25, 0.3) is 0 Å². The van der Waals surface area contributed by atoms with Gasteiger partial charge in [-0.3, -0.25) is 14.5 Å². The van der Waals surface area contributed by atoms with Gasteiger partial charge in [-0.1, -0.05) is 81.4 Å². The van der Waals surface area contributed by atoms with Gasteiger partial charge in [0.05, 0.1) is 5.69 Å². The molecule has 2 amide bonds. The lowest BCUT2D eigenvalue weighted by atomic mass is 9.96. The highest BCUT2D eigenvalue weighted by Gasteiger charge is 2.23. The Morgan fingerprint density at radius 2 is 1.65 bits per heavy atom. The Balaban J connectivity index is 1.72. The van der Waals surface area contributed by atoms with Crippen molar-refractivity contribution in [3.05, 3.63) is 71.6 Å². The fourth-order valence-electron chi connectivity index (χ4n) is 3.03. The molecule has 3 aromatic rings. The average molecular weight is 436 g/mol. The van der Waals surface area contributed by atoms with Crippen molar-refractivity contribution in [2.75, 3.05) is 18.0 Å². The van der Waals surface area contributed by atoms with Crippen molar-refractivity contribution in [2.24, 2.45) is 5.41 Å². The number of rotatable bonds is 8. The zero-order valence-corrected chi connectivity index (χ0v) is 19.1. The third kappa shape index (κ3) is 6.49. The SMILES string of the molecule is CC(C)(C)C(=O)NCCC(=O)N(CCc1ccccc1)c1nc(-c2ccccc2)cs1. The van der Waals surface area contributed by atoms with Crippen LogP contribution in [0.15, 0.2) is 66.0 Å². The Labute approximate surface area is 188 Å². The van der Waals surface area contributed by atoms with Crippen LogP contribution in [-0.2, 0) is 16.0 Å². The van der Waals surface area contributed by atoms with Gasteiger partial charge in [-0.15, -0.1) is 11.3 Å². The molecule has 2 aromatic carbocycles. The number of hydrogen-bond donors (Lipinski definition) is 1.